The molecule has 4 aromatic rings. The van der Waals surface area contributed by atoms with E-state index in [1.807, 2.05) is 6.08 Å². The number of rotatable bonds is 3. The van der Waals surface area contributed by atoms with Crippen LogP contribution in [0, 0.1) is 0 Å². The Morgan fingerprint density at radius 1 is 0.963 bits per heavy atom. The second-order valence-corrected chi connectivity index (χ2v) is 8.27. The van der Waals surface area contributed by atoms with Crippen LogP contribution in [0.1, 0.15) is 5.56 Å². The molecule has 0 aliphatic carbocycles. The zero-order valence-corrected chi connectivity index (χ0v) is 16.1. The molecule has 1 amide bonds. The summed E-state index contributed by atoms with van der Waals surface area (Å²) in [6.07, 6.45) is 3.66. The van der Waals surface area contributed by atoms with Crippen LogP contribution in [0.3, 0.4) is 0 Å². The van der Waals surface area contributed by atoms with Crippen molar-refractivity contribution in [3.8, 4) is 0 Å². The number of thiocarbonyl (C=S) groups is 1. The third-order valence-electron chi connectivity index (χ3n) is 5.03. The highest BCUT2D eigenvalue weighted by molar-refractivity contribution is 8.26. The Morgan fingerprint density at radius 2 is 1.63 bits per heavy atom. The van der Waals surface area contributed by atoms with Gasteiger partial charge in [-0.3, -0.25) is 9.69 Å². The Labute approximate surface area is 166 Å². The molecular formula is C23H15NOS2. The number of hydrogen-bond donors (Lipinski definition) is 0. The molecule has 2 nitrogen and oxygen atoms in total. The number of carbonyl (C=O) groups excluding carboxylic acids is 1. The minimum absolute atomic E-state index is 0.0457. The second-order valence-electron chi connectivity index (χ2n) is 6.59. The van der Waals surface area contributed by atoms with Crippen LogP contribution in [0.25, 0.3) is 38.4 Å². The number of benzene rings is 4. The third kappa shape index (κ3) is 2.48. The van der Waals surface area contributed by atoms with Crippen LogP contribution in [0.4, 0.5) is 0 Å². The van der Waals surface area contributed by atoms with Crippen molar-refractivity contribution in [1.29, 1.82) is 0 Å². The Morgan fingerprint density at radius 3 is 2.37 bits per heavy atom. The van der Waals surface area contributed by atoms with Crippen LogP contribution in [-0.2, 0) is 4.79 Å². The van der Waals surface area contributed by atoms with Gasteiger partial charge in [0, 0.05) is 6.54 Å². The van der Waals surface area contributed by atoms with Gasteiger partial charge in [-0.15, -0.1) is 6.58 Å². The quantitative estimate of drug-likeness (QED) is 0.187. The SMILES string of the molecule is C=CCN1C(=O)/C(=C/c2ccc3ccc4cccc5ccc2c3c45)SC1=S. The Balaban J connectivity index is 1.74. The van der Waals surface area contributed by atoms with Gasteiger partial charge in [-0.05, 0) is 44.0 Å². The van der Waals surface area contributed by atoms with Crippen LogP contribution >= 0.6 is 24.0 Å². The lowest BCUT2D eigenvalue weighted by atomic mass is 9.92. The number of amides is 1. The maximum Gasteiger partial charge on any atom is 0.266 e. The third-order valence-corrected chi connectivity index (χ3v) is 6.41. The lowest BCUT2D eigenvalue weighted by molar-refractivity contribution is -0.121. The molecule has 0 atom stereocenters. The first kappa shape index (κ1) is 16.5. The zero-order chi connectivity index (χ0) is 18.5. The minimum Gasteiger partial charge on any atom is -0.289 e. The molecule has 0 spiro atoms. The van der Waals surface area contributed by atoms with Crippen molar-refractivity contribution < 1.29 is 4.79 Å². The molecule has 0 saturated carbocycles. The molecule has 1 fully saturated rings. The monoisotopic (exact) mass is 385 g/mol. The molecular weight excluding hydrogens is 370 g/mol. The first-order chi connectivity index (χ1) is 13.2. The summed E-state index contributed by atoms with van der Waals surface area (Å²) in [5.41, 5.74) is 1.04. The summed E-state index contributed by atoms with van der Waals surface area (Å²) in [5, 5.41) is 7.37. The molecule has 4 aromatic carbocycles. The summed E-state index contributed by atoms with van der Waals surface area (Å²) in [5.74, 6) is -0.0457. The molecule has 1 saturated heterocycles. The summed E-state index contributed by atoms with van der Waals surface area (Å²) in [6.45, 7) is 4.15. The molecule has 4 heteroatoms. The van der Waals surface area contributed by atoms with Crippen molar-refractivity contribution >= 4 is 72.6 Å². The van der Waals surface area contributed by atoms with Gasteiger partial charge < -0.3 is 0 Å². The molecule has 0 aromatic heterocycles. The lowest BCUT2D eigenvalue weighted by Crippen LogP contribution is -2.27. The molecule has 1 aliphatic heterocycles. The molecule has 0 radical (unpaired) electrons. The van der Waals surface area contributed by atoms with Gasteiger partial charge in [-0.2, -0.15) is 0 Å². The number of nitrogens with zero attached hydrogens (tertiary/aromatic N) is 1. The highest BCUT2D eigenvalue weighted by Gasteiger charge is 2.31. The van der Waals surface area contributed by atoms with Crippen molar-refractivity contribution in [2.75, 3.05) is 6.54 Å². The molecule has 5 rings (SSSR count). The molecule has 27 heavy (non-hydrogen) atoms. The second kappa shape index (κ2) is 6.19. The van der Waals surface area contributed by atoms with Gasteiger partial charge in [-0.1, -0.05) is 84.7 Å². The van der Waals surface area contributed by atoms with Gasteiger partial charge in [0.15, 0.2) is 0 Å². The van der Waals surface area contributed by atoms with E-state index < -0.39 is 0 Å². The fraction of sp³-hybridized carbons (Fsp3) is 0.0435. The fourth-order valence-electron chi connectivity index (χ4n) is 3.81. The molecule has 0 N–H and O–H groups in total. The largest absolute Gasteiger partial charge is 0.289 e. The Hall–Kier alpha value is -2.69. The molecule has 0 bridgehead atoms. The predicted octanol–water partition coefficient (Wildman–Crippen LogP) is 5.97. The summed E-state index contributed by atoms with van der Waals surface area (Å²) in [4.78, 5) is 14.9. The maximum absolute atomic E-state index is 12.7. The van der Waals surface area contributed by atoms with E-state index in [4.69, 9.17) is 12.2 Å². The molecule has 1 heterocycles. The predicted molar refractivity (Wildman–Crippen MR) is 120 cm³/mol. The topological polar surface area (TPSA) is 20.3 Å². The van der Waals surface area contributed by atoms with Crippen LogP contribution in [0.2, 0.25) is 0 Å². The van der Waals surface area contributed by atoms with Gasteiger partial charge in [-0.25, -0.2) is 0 Å². The number of carbonyl (C=O) groups is 1. The number of hydrogen-bond acceptors (Lipinski definition) is 3. The smallest absolute Gasteiger partial charge is 0.266 e. The minimum atomic E-state index is -0.0457. The van der Waals surface area contributed by atoms with Crippen molar-refractivity contribution in [2.24, 2.45) is 0 Å². The molecule has 0 unspecified atom stereocenters. The van der Waals surface area contributed by atoms with E-state index in [0.717, 1.165) is 10.9 Å². The van der Waals surface area contributed by atoms with Crippen molar-refractivity contribution in [2.45, 2.75) is 0 Å². The van der Waals surface area contributed by atoms with E-state index in [-0.39, 0.29) is 5.91 Å². The highest BCUT2D eigenvalue weighted by atomic mass is 32.2. The molecule has 130 valence electrons. The maximum atomic E-state index is 12.7. The summed E-state index contributed by atoms with van der Waals surface area (Å²) >= 11 is 6.71. The van der Waals surface area contributed by atoms with Crippen LogP contribution in [-0.4, -0.2) is 21.7 Å². The van der Waals surface area contributed by atoms with Gasteiger partial charge in [0.05, 0.1) is 4.91 Å². The van der Waals surface area contributed by atoms with E-state index in [0.29, 0.717) is 15.8 Å². The number of thioether (sulfide) groups is 1. The van der Waals surface area contributed by atoms with Gasteiger partial charge in [0.25, 0.3) is 5.91 Å². The van der Waals surface area contributed by atoms with Crippen molar-refractivity contribution in [3.05, 3.63) is 77.7 Å². The van der Waals surface area contributed by atoms with Crippen LogP contribution in [0.5, 0.6) is 0 Å². The van der Waals surface area contributed by atoms with Crippen LogP contribution in [0.15, 0.2) is 72.2 Å². The summed E-state index contributed by atoms with van der Waals surface area (Å²) in [7, 11) is 0. The van der Waals surface area contributed by atoms with Gasteiger partial charge >= 0.3 is 0 Å². The standard InChI is InChI=1S/C23H15NOS2/c1-2-12-24-22(25)19(27-23(24)26)13-17-9-8-16-7-6-14-4-3-5-15-10-11-18(17)21(16)20(14)15/h2-11,13H,1,12H2/b19-13-. The average molecular weight is 386 g/mol. The first-order valence-electron chi connectivity index (χ1n) is 8.70. The normalized spacial score (nSPS) is 16.4. The van der Waals surface area contributed by atoms with E-state index in [9.17, 15) is 4.79 Å². The van der Waals surface area contributed by atoms with E-state index >= 15 is 0 Å². The first-order valence-corrected chi connectivity index (χ1v) is 9.92. The van der Waals surface area contributed by atoms with E-state index in [2.05, 4.69) is 61.2 Å². The zero-order valence-electron chi connectivity index (χ0n) is 14.4. The van der Waals surface area contributed by atoms with Gasteiger partial charge in [0.1, 0.15) is 4.32 Å². The fourth-order valence-corrected chi connectivity index (χ4v) is 5.08. The highest BCUT2D eigenvalue weighted by Crippen LogP contribution is 2.38. The lowest BCUT2D eigenvalue weighted by Gasteiger charge is -2.12. The van der Waals surface area contributed by atoms with E-state index in [1.54, 1.807) is 11.0 Å². The Kier molecular flexibility index (Phi) is 3.78. The van der Waals surface area contributed by atoms with Crippen molar-refractivity contribution in [3.63, 3.8) is 0 Å². The summed E-state index contributed by atoms with van der Waals surface area (Å²) < 4.78 is 0.587. The van der Waals surface area contributed by atoms with Crippen molar-refractivity contribution in [1.82, 2.24) is 4.90 Å². The summed E-state index contributed by atoms with van der Waals surface area (Å²) in [6, 6.07) is 19.2. The average Bonchev–Trinajstić information content (AvgIpc) is 2.95. The van der Waals surface area contributed by atoms with Crippen LogP contribution < -0.4 is 0 Å². The van der Waals surface area contributed by atoms with E-state index in [1.165, 1.54) is 38.7 Å². The Bertz CT molecular complexity index is 1270. The molecule has 1 aliphatic rings. The van der Waals surface area contributed by atoms with Gasteiger partial charge in [0.2, 0.25) is 0 Å².